The number of hydrogen-bond donors (Lipinski definition) is 1. The van der Waals surface area contributed by atoms with E-state index in [1.165, 1.54) is 31.2 Å². The van der Waals surface area contributed by atoms with Crippen LogP contribution in [-0.2, 0) is 6.54 Å². The van der Waals surface area contributed by atoms with Gasteiger partial charge in [-0.2, -0.15) is 0 Å². The quantitative estimate of drug-likeness (QED) is 0.897. The van der Waals surface area contributed by atoms with Gasteiger partial charge in [0.1, 0.15) is 6.10 Å². The molecular weight excluding hydrogens is 250 g/mol. The van der Waals surface area contributed by atoms with E-state index in [4.69, 9.17) is 4.74 Å². The maximum atomic E-state index is 5.96. The van der Waals surface area contributed by atoms with E-state index in [-0.39, 0.29) is 0 Å². The van der Waals surface area contributed by atoms with Gasteiger partial charge < -0.3 is 10.1 Å². The van der Waals surface area contributed by atoms with Crippen LogP contribution in [0.5, 0.6) is 6.01 Å². The minimum atomic E-state index is 0.300. The molecule has 4 nitrogen and oxygen atoms in total. The van der Waals surface area contributed by atoms with Crippen molar-refractivity contribution in [2.75, 3.05) is 0 Å². The standard InChI is InChI=1S/C16H25N3O/c1-11-4-3-5-15(8-11)20-16-18-10-13(12(2)19-16)9-17-14-6-7-14/h10-11,14-15,17H,3-9H2,1-2H3. The second-order valence-corrected chi connectivity index (χ2v) is 6.43. The second kappa shape index (κ2) is 6.08. The molecular formula is C16H25N3O. The molecule has 2 fully saturated rings. The zero-order valence-electron chi connectivity index (χ0n) is 12.6. The van der Waals surface area contributed by atoms with E-state index in [0.717, 1.165) is 31.0 Å². The number of rotatable bonds is 5. The van der Waals surface area contributed by atoms with Crippen LogP contribution in [0.4, 0.5) is 0 Å². The fourth-order valence-corrected chi connectivity index (χ4v) is 2.88. The molecule has 3 rings (SSSR count). The summed E-state index contributed by atoms with van der Waals surface area (Å²) in [4.78, 5) is 8.90. The molecule has 4 heteroatoms. The summed E-state index contributed by atoms with van der Waals surface area (Å²) in [5, 5.41) is 3.50. The predicted molar refractivity (Wildman–Crippen MR) is 78.7 cm³/mol. The molecule has 2 unspecified atom stereocenters. The van der Waals surface area contributed by atoms with Crippen molar-refractivity contribution in [2.45, 2.75) is 71.1 Å². The molecule has 0 bridgehead atoms. The Kier molecular flexibility index (Phi) is 4.20. The van der Waals surface area contributed by atoms with E-state index in [9.17, 15) is 0 Å². The Morgan fingerprint density at radius 3 is 2.85 bits per heavy atom. The summed E-state index contributed by atoms with van der Waals surface area (Å²) >= 11 is 0. The predicted octanol–water partition coefficient (Wildman–Crippen LogP) is 2.99. The van der Waals surface area contributed by atoms with Gasteiger partial charge in [0.15, 0.2) is 0 Å². The van der Waals surface area contributed by atoms with Crippen molar-refractivity contribution in [3.63, 3.8) is 0 Å². The zero-order valence-corrected chi connectivity index (χ0v) is 12.6. The third-order valence-electron chi connectivity index (χ3n) is 4.38. The summed E-state index contributed by atoms with van der Waals surface area (Å²) in [5.74, 6) is 0.761. The van der Waals surface area contributed by atoms with Crippen molar-refractivity contribution in [2.24, 2.45) is 5.92 Å². The molecule has 2 atom stereocenters. The van der Waals surface area contributed by atoms with Gasteiger partial charge in [-0.25, -0.2) is 9.97 Å². The Bertz CT molecular complexity index is 459. The average molecular weight is 275 g/mol. The Morgan fingerprint density at radius 1 is 1.30 bits per heavy atom. The van der Waals surface area contributed by atoms with Crippen molar-refractivity contribution in [3.05, 3.63) is 17.5 Å². The van der Waals surface area contributed by atoms with Crippen LogP contribution in [-0.4, -0.2) is 22.1 Å². The minimum absolute atomic E-state index is 0.300. The summed E-state index contributed by atoms with van der Waals surface area (Å²) in [6.07, 6.45) is 9.68. The highest BCUT2D eigenvalue weighted by atomic mass is 16.5. The maximum Gasteiger partial charge on any atom is 0.316 e. The minimum Gasteiger partial charge on any atom is -0.460 e. The number of hydrogen-bond acceptors (Lipinski definition) is 4. The fourth-order valence-electron chi connectivity index (χ4n) is 2.88. The molecule has 0 aromatic carbocycles. The van der Waals surface area contributed by atoms with Crippen LogP contribution in [0.25, 0.3) is 0 Å². The van der Waals surface area contributed by atoms with Crippen LogP contribution >= 0.6 is 0 Å². The van der Waals surface area contributed by atoms with E-state index < -0.39 is 0 Å². The zero-order chi connectivity index (χ0) is 13.9. The first-order chi connectivity index (χ1) is 9.70. The monoisotopic (exact) mass is 275 g/mol. The first-order valence-corrected chi connectivity index (χ1v) is 7.93. The van der Waals surface area contributed by atoms with Gasteiger partial charge in [-0.3, -0.25) is 0 Å². The Hall–Kier alpha value is -1.16. The summed E-state index contributed by atoms with van der Waals surface area (Å²) in [6, 6.07) is 1.27. The normalized spacial score (nSPS) is 26.5. The lowest BCUT2D eigenvalue weighted by molar-refractivity contribution is 0.118. The van der Waals surface area contributed by atoms with Crippen LogP contribution in [0.2, 0.25) is 0 Å². The lowest BCUT2D eigenvalue weighted by Crippen LogP contribution is -2.25. The van der Waals surface area contributed by atoms with Crippen molar-refractivity contribution in [1.82, 2.24) is 15.3 Å². The van der Waals surface area contributed by atoms with Gasteiger partial charge in [-0.05, 0) is 44.9 Å². The molecule has 110 valence electrons. The topological polar surface area (TPSA) is 47.0 Å². The molecule has 2 aliphatic rings. The lowest BCUT2D eigenvalue weighted by atomic mass is 9.89. The highest BCUT2D eigenvalue weighted by Crippen LogP contribution is 2.26. The molecule has 1 aromatic rings. The molecule has 1 aromatic heterocycles. The van der Waals surface area contributed by atoms with Crippen LogP contribution in [0.15, 0.2) is 6.20 Å². The molecule has 2 aliphatic carbocycles. The fraction of sp³-hybridized carbons (Fsp3) is 0.750. The van der Waals surface area contributed by atoms with Crippen LogP contribution < -0.4 is 10.1 Å². The van der Waals surface area contributed by atoms with Crippen LogP contribution in [0.3, 0.4) is 0 Å². The largest absolute Gasteiger partial charge is 0.460 e. The van der Waals surface area contributed by atoms with E-state index in [0.29, 0.717) is 18.2 Å². The Balaban J connectivity index is 1.57. The van der Waals surface area contributed by atoms with Crippen LogP contribution in [0.1, 0.15) is 56.7 Å². The van der Waals surface area contributed by atoms with Crippen LogP contribution in [0, 0.1) is 12.8 Å². The first kappa shape index (κ1) is 13.8. The number of ether oxygens (including phenoxy) is 1. The third-order valence-corrected chi connectivity index (χ3v) is 4.38. The number of nitrogens with one attached hydrogen (secondary N) is 1. The summed E-state index contributed by atoms with van der Waals surface area (Å²) in [6.45, 7) is 5.22. The van der Waals surface area contributed by atoms with Gasteiger partial charge >= 0.3 is 6.01 Å². The van der Waals surface area contributed by atoms with E-state index >= 15 is 0 Å². The molecule has 0 spiro atoms. The second-order valence-electron chi connectivity index (χ2n) is 6.43. The highest BCUT2D eigenvalue weighted by Gasteiger charge is 2.22. The van der Waals surface area contributed by atoms with Crippen molar-refractivity contribution < 1.29 is 4.74 Å². The van der Waals surface area contributed by atoms with Gasteiger partial charge in [-0.15, -0.1) is 0 Å². The Morgan fingerprint density at radius 2 is 2.15 bits per heavy atom. The van der Waals surface area contributed by atoms with E-state index in [2.05, 4.69) is 22.2 Å². The van der Waals surface area contributed by atoms with Gasteiger partial charge in [0, 0.05) is 30.0 Å². The molecule has 0 aliphatic heterocycles. The number of nitrogens with zero attached hydrogens (tertiary/aromatic N) is 2. The van der Waals surface area contributed by atoms with Gasteiger partial charge in [-0.1, -0.05) is 13.3 Å². The van der Waals surface area contributed by atoms with E-state index in [1.807, 2.05) is 13.1 Å². The molecule has 0 saturated heterocycles. The van der Waals surface area contributed by atoms with E-state index in [1.54, 1.807) is 0 Å². The Labute approximate surface area is 121 Å². The molecule has 1 heterocycles. The highest BCUT2D eigenvalue weighted by molar-refractivity contribution is 5.18. The average Bonchev–Trinajstić information content (AvgIpc) is 3.22. The van der Waals surface area contributed by atoms with Crippen molar-refractivity contribution in [1.29, 1.82) is 0 Å². The first-order valence-electron chi connectivity index (χ1n) is 7.93. The summed E-state index contributed by atoms with van der Waals surface area (Å²) < 4.78 is 5.96. The maximum absolute atomic E-state index is 5.96. The lowest BCUT2D eigenvalue weighted by Gasteiger charge is -2.26. The number of aryl methyl sites for hydroxylation is 1. The smallest absolute Gasteiger partial charge is 0.316 e. The number of aromatic nitrogens is 2. The summed E-state index contributed by atoms with van der Waals surface area (Å²) in [5.41, 5.74) is 2.22. The molecule has 1 N–H and O–H groups in total. The van der Waals surface area contributed by atoms with Gasteiger partial charge in [0.05, 0.1) is 0 Å². The van der Waals surface area contributed by atoms with Gasteiger partial charge in [0.2, 0.25) is 0 Å². The van der Waals surface area contributed by atoms with Crippen molar-refractivity contribution >= 4 is 0 Å². The molecule has 2 saturated carbocycles. The molecule has 20 heavy (non-hydrogen) atoms. The SMILES string of the molecule is Cc1nc(OC2CCCC(C)C2)ncc1CNC1CC1. The third kappa shape index (κ3) is 3.69. The molecule has 0 amide bonds. The summed E-state index contributed by atoms with van der Waals surface area (Å²) in [7, 11) is 0. The molecule has 0 radical (unpaired) electrons. The van der Waals surface area contributed by atoms with Crippen molar-refractivity contribution in [3.8, 4) is 6.01 Å². The van der Waals surface area contributed by atoms with Gasteiger partial charge in [0.25, 0.3) is 0 Å².